The van der Waals surface area contributed by atoms with Crippen LogP contribution in [0.25, 0.3) is 0 Å². The van der Waals surface area contributed by atoms with E-state index in [-0.39, 0.29) is 0 Å². The van der Waals surface area contributed by atoms with Crippen molar-refractivity contribution in [2.45, 2.75) is 13.8 Å². The zero-order valence-electron chi connectivity index (χ0n) is 6.17. The minimum Gasteiger partial charge on any atom is -0.330 e. The van der Waals surface area contributed by atoms with Crippen molar-refractivity contribution in [3.63, 3.8) is 0 Å². The van der Waals surface area contributed by atoms with Crippen molar-refractivity contribution in [2.75, 3.05) is 6.54 Å². The summed E-state index contributed by atoms with van der Waals surface area (Å²) in [5, 5.41) is 0. The van der Waals surface area contributed by atoms with E-state index in [0.29, 0.717) is 5.92 Å². The van der Waals surface area contributed by atoms with Gasteiger partial charge in [-0.25, -0.2) is 0 Å². The maximum atomic E-state index is 5.38. The molecule has 0 aliphatic carbocycles. The Morgan fingerprint density at radius 2 is 2.11 bits per heavy atom. The smallest absolute Gasteiger partial charge is 0.00167 e. The first-order valence-electron chi connectivity index (χ1n) is 3.30. The van der Waals surface area contributed by atoms with Gasteiger partial charge in [-0.3, -0.25) is 0 Å². The molecule has 0 aliphatic heterocycles. The van der Waals surface area contributed by atoms with Gasteiger partial charge in [-0.15, -0.1) is 0 Å². The third-order valence-corrected chi connectivity index (χ3v) is 1.11. The van der Waals surface area contributed by atoms with Gasteiger partial charge in [0.25, 0.3) is 0 Å². The van der Waals surface area contributed by atoms with Gasteiger partial charge in [0, 0.05) is 0 Å². The zero-order chi connectivity index (χ0) is 7.11. The van der Waals surface area contributed by atoms with Crippen LogP contribution >= 0.6 is 0 Å². The molecule has 0 aromatic rings. The second-order valence-corrected chi connectivity index (χ2v) is 2.12. The number of allylic oxidation sites excluding steroid dienone is 3. The van der Waals surface area contributed by atoms with Crippen LogP contribution in [0.2, 0.25) is 0 Å². The summed E-state index contributed by atoms with van der Waals surface area (Å²) in [6, 6.07) is 0. The molecule has 1 nitrogen and oxygen atoms in total. The summed E-state index contributed by atoms with van der Waals surface area (Å²) in [6.45, 7) is 4.82. The molecule has 0 aromatic carbocycles. The van der Waals surface area contributed by atoms with E-state index in [0.717, 1.165) is 6.54 Å². The number of hydrogen-bond acceptors (Lipinski definition) is 1. The predicted octanol–water partition coefficient (Wildman–Crippen LogP) is 1.71. The Labute approximate surface area is 57.3 Å². The Bertz CT molecular complexity index is 103. The lowest BCUT2D eigenvalue weighted by Gasteiger charge is -1.96. The van der Waals surface area contributed by atoms with Gasteiger partial charge in [0.2, 0.25) is 0 Å². The highest BCUT2D eigenvalue weighted by molar-refractivity contribution is 5.02. The van der Waals surface area contributed by atoms with Crippen molar-refractivity contribution in [2.24, 2.45) is 11.7 Å². The van der Waals surface area contributed by atoms with Crippen LogP contribution in [-0.2, 0) is 0 Å². The molecular formula is C8H15N. The van der Waals surface area contributed by atoms with Crippen LogP contribution in [0.4, 0.5) is 0 Å². The Kier molecular flexibility index (Phi) is 5.23. The Morgan fingerprint density at radius 1 is 1.44 bits per heavy atom. The number of rotatable bonds is 3. The fourth-order valence-corrected chi connectivity index (χ4v) is 0.444. The summed E-state index contributed by atoms with van der Waals surface area (Å²) in [5.41, 5.74) is 5.38. The second-order valence-electron chi connectivity index (χ2n) is 2.12. The van der Waals surface area contributed by atoms with E-state index in [1.807, 2.05) is 25.2 Å². The van der Waals surface area contributed by atoms with Gasteiger partial charge in [0.15, 0.2) is 0 Å². The van der Waals surface area contributed by atoms with Crippen LogP contribution in [0, 0.1) is 5.92 Å². The molecule has 0 heterocycles. The van der Waals surface area contributed by atoms with Crippen molar-refractivity contribution in [3.05, 3.63) is 24.3 Å². The average molecular weight is 125 g/mol. The van der Waals surface area contributed by atoms with Gasteiger partial charge in [-0.1, -0.05) is 31.2 Å². The van der Waals surface area contributed by atoms with Crippen LogP contribution in [0.15, 0.2) is 24.3 Å². The number of hydrogen-bond donors (Lipinski definition) is 1. The van der Waals surface area contributed by atoms with Crippen molar-refractivity contribution in [1.29, 1.82) is 0 Å². The molecule has 0 aromatic heterocycles. The summed E-state index contributed by atoms with van der Waals surface area (Å²) in [4.78, 5) is 0. The van der Waals surface area contributed by atoms with Gasteiger partial charge in [0.05, 0.1) is 0 Å². The molecule has 1 unspecified atom stereocenters. The summed E-state index contributed by atoms with van der Waals surface area (Å²) in [7, 11) is 0. The quantitative estimate of drug-likeness (QED) is 0.571. The molecule has 0 fully saturated rings. The van der Waals surface area contributed by atoms with E-state index in [4.69, 9.17) is 5.73 Å². The summed E-state index contributed by atoms with van der Waals surface area (Å²) >= 11 is 0. The fraction of sp³-hybridized carbons (Fsp3) is 0.500. The van der Waals surface area contributed by atoms with Gasteiger partial charge < -0.3 is 5.73 Å². The lowest BCUT2D eigenvalue weighted by atomic mass is 10.2. The summed E-state index contributed by atoms with van der Waals surface area (Å²) < 4.78 is 0. The molecule has 0 spiro atoms. The molecule has 0 saturated heterocycles. The van der Waals surface area contributed by atoms with Gasteiger partial charge >= 0.3 is 0 Å². The Balaban J connectivity index is 3.43. The third kappa shape index (κ3) is 5.31. The van der Waals surface area contributed by atoms with Crippen molar-refractivity contribution >= 4 is 0 Å². The third-order valence-electron chi connectivity index (χ3n) is 1.11. The monoisotopic (exact) mass is 125 g/mol. The minimum atomic E-state index is 0.501. The van der Waals surface area contributed by atoms with Gasteiger partial charge in [-0.05, 0) is 19.4 Å². The van der Waals surface area contributed by atoms with Crippen molar-refractivity contribution in [3.8, 4) is 0 Å². The van der Waals surface area contributed by atoms with Gasteiger partial charge in [0.1, 0.15) is 0 Å². The minimum absolute atomic E-state index is 0.501. The molecule has 2 N–H and O–H groups in total. The molecule has 0 saturated carbocycles. The molecule has 0 aliphatic rings. The van der Waals surface area contributed by atoms with E-state index in [2.05, 4.69) is 13.0 Å². The van der Waals surface area contributed by atoms with E-state index in [1.165, 1.54) is 0 Å². The largest absolute Gasteiger partial charge is 0.330 e. The lowest BCUT2D eigenvalue weighted by molar-refractivity contribution is 0.740. The molecule has 1 heteroatoms. The second kappa shape index (κ2) is 5.57. The standard InChI is InChI=1S/C8H15N/c1-3-4-5-6-8(2)7-9/h3-6,8H,7,9H2,1-2H3/b4-3-,6-5-. The summed E-state index contributed by atoms with van der Waals surface area (Å²) in [5.74, 6) is 0.501. The first-order valence-corrected chi connectivity index (χ1v) is 3.30. The molecule has 0 rings (SSSR count). The van der Waals surface area contributed by atoms with Crippen molar-refractivity contribution < 1.29 is 0 Å². The van der Waals surface area contributed by atoms with Crippen LogP contribution in [-0.4, -0.2) is 6.54 Å². The topological polar surface area (TPSA) is 26.0 Å². The Morgan fingerprint density at radius 3 is 2.56 bits per heavy atom. The Hall–Kier alpha value is -0.560. The molecule has 1 atom stereocenters. The first kappa shape index (κ1) is 8.44. The normalized spacial score (nSPS) is 15.4. The molecular weight excluding hydrogens is 110 g/mol. The maximum absolute atomic E-state index is 5.38. The van der Waals surface area contributed by atoms with E-state index in [1.54, 1.807) is 0 Å². The lowest BCUT2D eigenvalue weighted by Crippen LogP contribution is -2.07. The SMILES string of the molecule is C/C=C\C=C/C(C)CN. The highest BCUT2D eigenvalue weighted by Gasteiger charge is 1.86. The molecule has 52 valence electrons. The van der Waals surface area contributed by atoms with Crippen molar-refractivity contribution in [1.82, 2.24) is 0 Å². The van der Waals surface area contributed by atoms with Crippen LogP contribution in [0.3, 0.4) is 0 Å². The fourth-order valence-electron chi connectivity index (χ4n) is 0.444. The number of nitrogens with two attached hydrogens (primary N) is 1. The van der Waals surface area contributed by atoms with Crippen LogP contribution < -0.4 is 5.73 Å². The molecule has 9 heavy (non-hydrogen) atoms. The molecule has 0 amide bonds. The average Bonchev–Trinajstić information content (AvgIpc) is 1.89. The van der Waals surface area contributed by atoms with E-state index < -0.39 is 0 Å². The van der Waals surface area contributed by atoms with E-state index >= 15 is 0 Å². The predicted molar refractivity (Wildman–Crippen MR) is 42.2 cm³/mol. The zero-order valence-corrected chi connectivity index (χ0v) is 6.17. The van der Waals surface area contributed by atoms with E-state index in [9.17, 15) is 0 Å². The highest BCUT2D eigenvalue weighted by Crippen LogP contribution is 1.92. The van der Waals surface area contributed by atoms with Crippen LogP contribution in [0.5, 0.6) is 0 Å². The molecule has 0 radical (unpaired) electrons. The first-order chi connectivity index (χ1) is 4.31. The van der Waals surface area contributed by atoms with Crippen LogP contribution in [0.1, 0.15) is 13.8 Å². The maximum Gasteiger partial charge on any atom is -0.00167 e. The summed E-state index contributed by atoms with van der Waals surface area (Å²) in [6.07, 6.45) is 8.13. The highest BCUT2D eigenvalue weighted by atomic mass is 14.5. The van der Waals surface area contributed by atoms with Gasteiger partial charge in [-0.2, -0.15) is 0 Å². The molecule has 0 bridgehead atoms.